The van der Waals surface area contributed by atoms with Crippen LogP contribution >= 0.6 is 11.6 Å². The van der Waals surface area contributed by atoms with Crippen molar-refractivity contribution < 1.29 is 19.5 Å². The maximum absolute atomic E-state index is 11.2. The van der Waals surface area contributed by atoms with Gasteiger partial charge in [-0.05, 0) is 24.3 Å². The van der Waals surface area contributed by atoms with Crippen molar-refractivity contribution in [2.75, 3.05) is 18.2 Å². The summed E-state index contributed by atoms with van der Waals surface area (Å²) in [5.74, 6) is 0.0278. The first-order valence-corrected chi connectivity index (χ1v) is 7.50. The van der Waals surface area contributed by atoms with Crippen molar-refractivity contribution in [1.29, 1.82) is 0 Å². The van der Waals surface area contributed by atoms with E-state index >= 15 is 0 Å². The molecule has 0 amide bonds. The van der Waals surface area contributed by atoms with E-state index in [-0.39, 0.29) is 13.2 Å². The summed E-state index contributed by atoms with van der Waals surface area (Å²) < 4.78 is 5.49. The molecular weight excluding hydrogens is 318 g/mol. The van der Waals surface area contributed by atoms with Gasteiger partial charge in [-0.3, -0.25) is 4.79 Å². The minimum Gasteiger partial charge on any atom is -0.489 e. The van der Waals surface area contributed by atoms with Crippen LogP contribution in [0.2, 0.25) is 5.02 Å². The first kappa shape index (κ1) is 17.1. The second-order valence-electron chi connectivity index (χ2n) is 4.87. The highest BCUT2D eigenvalue weighted by molar-refractivity contribution is 6.32. The van der Waals surface area contributed by atoms with Gasteiger partial charge in [0, 0.05) is 6.92 Å². The number of carbonyl (C=O) groups is 1. The van der Waals surface area contributed by atoms with Gasteiger partial charge in [0.05, 0.1) is 17.3 Å². The normalized spacial score (nSPS) is 11.6. The SMILES string of the molecule is CC(=O)ON(CC(O)COc1ccccc1Cl)c1ccccc1. The van der Waals surface area contributed by atoms with E-state index in [9.17, 15) is 9.90 Å². The highest BCUT2D eigenvalue weighted by Crippen LogP contribution is 2.23. The van der Waals surface area contributed by atoms with Crippen molar-refractivity contribution >= 4 is 23.3 Å². The zero-order valence-corrected chi connectivity index (χ0v) is 13.4. The second-order valence-corrected chi connectivity index (χ2v) is 5.28. The molecule has 0 fully saturated rings. The molecule has 0 radical (unpaired) electrons. The summed E-state index contributed by atoms with van der Waals surface area (Å²) in [5.41, 5.74) is 0.666. The smallest absolute Gasteiger partial charge is 0.329 e. The van der Waals surface area contributed by atoms with Gasteiger partial charge in [-0.2, -0.15) is 0 Å². The van der Waals surface area contributed by atoms with Crippen LogP contribution in [0.25, 0.3) is 0 Å². The second kappa shape index (κ2) is 8.41. The summed E-state index contributed by atoms with van der Waals surface area (Å²) in [4.78, 5) is 16.4. The lowest BCUT2D eigenvalue weighted by Crippen LogP contribution is -2.37. The van der Waals surface area contributed by atoms with Crippen molar-refractivity contribution in [3.8, 4) is 5.75 Å². The number of rotatable bonds is 7. The van der Waals surface area contributed by atoms with Gasteiger partial charge in [-0.1, -0.05) is 41.9 Å². The number of nitrogens with zero attached hydrogens (tertiary/aromatic N) is 1. The van der Waals surface area contributed by atoms with Gasteiger partial charge in [-0.25, -0.2) is 5.06 Å². The molecule has 23 heavy (non-hydrogen) atoms. The lowest BCUT2D eigenvalue weighted by atomic mass is 10.3. The summed E-state index contributed by atoms with van der Waals surface area (Å²) in [7, 11) is 0. The molecule has 2 aromatic rings. The molecule has 0 spiro atoms. The van der Waals surface area contributed by atoms with Gasteiger partial charge < -0.3 is 14.7 Å². The quantitative estimate of drug-likeness (QED) is 0.788. The summed E-state index contributed by atoms with van der Waals surface area (Å²) in [5, 5.41) is 12.0. The average Bonchev–Trinajstić information content (AvgIpc) is 2.54. The third kappa shape index (κ3) is 5.47. The molecule has 1 N–H and O–H groups in total. The fraction of sp³-hybridized carbons (Fsp3) is 0.235. The van der Waals surface area contributed by atoms with E-state index in [1.54, 1.807) is 36.4 Å². The maximum Gasteiger partial charge on any atom is 0.329 e. The monoisotopic (exact) mass is 335 g/mol. The fourth-order valence-corrected chi connectivity index (χ4v) is 2.13. The molecule has 0 aliphatic rings. The first-order valence-electron chi connectivity index (χ1n) is 7.13. The van der Waals surface area contributed by atoms with E-state index in [0.29, 0.717) is 16.5 Å². The molecule has 0 saturated heterocycles. The third-order valence-electron chi connectivity index (χ3n) is 2.93. The number of carbonyl (C=O) groups excluding carboxylic acids is 1. The van der Waals surface area contributed by atoms with E-state index in [1.807, 2.05) is 18.2 Å². The Morgan fingerprint density at radius 2 is 1.83 bits per heavy atom. The van der Waals surface area contributed by atoms with Crippen LogP contribution in [0.15, 0.2) is 54.6 Å². The standard InChI is InChI=1S/C17H18ClNO4/c1-13(20)23-19(14-7-3-2-4-8-14)11-15(21)12-22-17-10-6-5-9-16(17)18/h2-10,15,21H,11-12H2,1H3. The molecule has 122 valence electrons. The van der Waals surface area contributed by atoms with E-state index in [1.165, 1.54) is 12.0 Å². The Hall–Kier alpha value is -2.24. The summed E-state index contributed by atoms with van der Waals surface area (Å²) in [6.45, 7) is 1.41. The average molecular weight is 336 g/mol. The molecule has 1 unspecified atom stereocenters. The largest absolute Gasteiger partial charge is 0.489 e. The number of para-hydroxylation sites is 2. The number of benzene rings is 2. The van der Waals surface area contributed by atoms with E-state index < -0.39 is 12.1 Å². The number of hydroxylamine groups is 1. The molecule has 0 heterocycles. The molecule has 2 rings (SSSR count). The molecule has 1 atom stereocenters. The Labute approximate surface area is 140 Å². The Morgan fingerprint density at radius 3 is 2.48 bits per heavy atom. The van der Waals surface area contributed by atoms with Gasteiger partial charge in [-0.15, -0.1) is 0 Å². The lowest BCUT2D eigenvalue weighted by molar-refractivity contribution is -0.143. The van der Waals surface area contributed by atoms with Crippen LogP contribution in [0.4, 0.5) is 5.69 Å². The van der Waals surface area contributed by atoms with Crippen molar-refractivity contribution in [3.63, 3.8) is 0 Å². The van der Waals surface area contributed by atoms with E-state index in [2.05, 4.69) is 0 Å². The van der Waals surface area contributed by atoms with Crippen LogP contribution in [-0.2, 0) is 9.63 Å². The Morgan fingerprint density at radius 1 is 1.17 bits per heavy atom. The molecule has 0 aliphatic carbocycles. The fourth-order valence-electron chi connectivity index (χ4n) is 1.94. The minimum atomic E-state index is -0.870. The third-order valence-corrected chi connectivity index (χ3v) is 3.24. The molecule has 0 saturated carbocycles. The topological polar surface area (TPSA) is 59.0 Å². The molecule has 0 aromatic heterocycles. The lowest BCUT2D eigenvalue weighted by Gasteiger charge is -2.25. The van der Waals surface area contributed by atoms with Crippen molar-refractivity contribution in [2.45, 2.75) is 13.0 Å². The molecule has 2 aromatic carbocycles. The van der Waals surface area contributed by atoms with E-state index in [4.69, 9.17) is 21.2 Å². The van der Waals surface area contributed by atoms with Crippen LogP contribution in [0.1, 0.15) is 6.92 Å². The minimum absolute atomic E-state index is 0.0222. The van der Waals surface area contributed by atoms with Crippen LogP contribution in [0, 0.1) is 0 Å². The molecule has 5 nitrogen and oxygen atoms in total. The predicted molar refractivity (Wildman–Crippen MR) is 88.5 cm³/mol. The van der Waals surface area contributed by atoms with Gasteiger partial charge in [0.15, 0.2) is 0 Å². The van der Waals surface area contributed by atoms with Crippen molar-refractivity contribution in [3.05, 3.63) is 59.6 Å². The number of aliphatic hydroxyl groups excluding tert-OH is 1. The number of aliphatic hydroxyl groups is 1. The Balaban J connectivity index is 1.96. The predicted octanol–water partition coefficient (Wildman–Crippen LogP) is 3.06. The maximum atomic E-state index is 11.2. The van der Waals surface area contributed by atoms with Gasteiger partial charge in [0.2, 0.25) is 0 Å². The number of anilines is 1. The first-order chi connectivity index (χ1) is 11.1. The highest BCUT2D eigenvalue weighted by Gasteiger charge is 2.16. The summed E-state index contributed by atoms with van der Waals surface area (Å²) >= 11 is 5.99. The van der Waals surface area contributed by atoms with Crippen LogP contribution in [0.3, 0.4) is 0 Å². The van der Waals surface area contributed by atoms with Crippen LogP contribution in [0.5, 0.6) is 5.75 Å². The van der Waals surface area contributed by atoms with Crippen LogP contribution < -0.4 is 9.80 Å². The van der Waals surface area contributed by atoms with Gasteiger partial charge in [0.1, 0.15) is 18.5 Å². The zero-order chi connectivity index (χ0) is 16.7. The number of hydrogen-bond donors (Lipinski definition) is 1. The number of hydrogen-bond acceptors (Lipinski definition) is 5. The number of ether oxygens (including phenoxy) is 1. The highest BCUT2D eigenvalue weighted by atomic mass is 35.5. The van der Waals surface area contributed by atoms with Gasteiger partial charge in [0.25, 0.3) is 0 Å². The Kier molecular flexibility index (Phi) is 6.26. The van der Waals surface area contributed by atoms with Crippen molar-refractivity contribution in [2.24, 2.45) is 0 Å². The van der Waals surface area contributed by atoms with Gasteiger partial charge >= 0.3 is 5.97 Å². The zero-order valence-electron chi connectivity index (χ0n) is 12.7. The van der Waals surface area contributed by atoms with Crippen LogP contribution in [-0.4, -0.2) is 30.3 Å². The van der Waals surface area contributed by atoms with Crippen molar-refractivity contribution in [1.82, 2.24) is 0 Å². The van der Waals surface area contributed by atoms with E-state index in [0.717, 1.165) is 0 Å². The Bertz CT molecular complexity index is 636. The molecule has 0 aliphatic heterocycles. The molecule has 0 bridgehead atoms. The summed E-state index contributed by atoms with van der Waals surface area (Å²) in [6.07, 6.45) is -0.870. The molecular formula is C17H18ClNO4. The number of halogens is 1. The molecule has 6 heteroatoms. The summed E-state index contributed by atoms with van der Waals surface area (Å²) in [6, 6.07) is 16.1.